The average Bonchev–Trinajstić information content (AvgIpc) is 2.70. The van der Waals surface area contributed by atoms with Gasteiger partial charge in [0.2, 0.25) is 0 Å². The van der Waals surface area contributed by atoms with Gasteiger partial charge >= 0.3 is 5.97 Å². The number of nitrogens with zero attached hydrogens (tertiary/aromatic N) is 1. The minimum atomic E-state index is -0.829. The molecule has 2 bridgehead atoms. The summed E-state index contributed by atoms with van der Waals surface area (Å²) in [4.78, 5) is 13.4. The van der Waals surface area contributed by atoms with E-state index in [4.69, 9.17) is 14.6 Å². The molecule has 2 aromatic carbocycles. The van der Waals surface area contributed by atoms with Crippen molar-refractivity contribution in [1.29, 1.82) is 0 Å². The highest BCUT2D eigenvalue weighted by atomic mass is 16.5. The summed E-state index contributed by atoms with van der Waals surface area (Å²) in [6, 6.07) is 16.1. The van der Waals surface area contributed by atoms with Crippen LogP contribution in [-0.4, -0.2) is 41.3 Å². The lowest BCUT2D eigenvalue weighted by atomic mass is 9.96. The Morgan fingerprint density at radius 2 is 1.90 bits per heavy atom. The highest BCUT2D eigenvalue weighted by molar-refractivity contribution is 5.68. The highest BCUT2D eigenvalue weighted by Gasteiger charge is 2.37. The molecule has 0 aliphatic carbocycles. The van der Waals surface area contributed by atoms with Gasteiger partial charge in [-0.2, -0.15) is 0 Å². The van der Waals surface area contributed by atoms with E-state index in [9.17, 15) is 4.79 Å². The van der Waals surface area contributed by atoms with Crippen LogP contribution in [0.4, 0.5) is 0 Å². The summed E-state index contributed by atoms with van der Waals surface area (Å²) in [5, 5.41) is 9.00. The maximum Gasteiger partial charge on any atom is 0.304 e. The van der Waals surface area contributed by atoms with E-state index in [2.05, 4.69) is 35.7 Å². The molecule has 29 heavy (non-hydrogen) atoms. The molecular weight excluding hydrogens is 366 g/mol. The summed E-state index contributed by atoms with van der Waals surface area (Å²) in [5.74, 6) is -0.251. The number of morpholine rings is 1. The molecule has 152 valence electrons. The Kier molecular flexibility index (Phi) is 5.97. The topological polar surface area (TPSA) is 59.0 Å². The van der Waals surface area contributed by atoms with Crippen molar-refractivity contribution >= 4 is 5.97 Å². The molecule has 5 nitrogen and oxygen atoms in total. The molecule has 3 aliphatic rings. The van der Waals surface area contributed by atoms with E-state index in [1.54, 1.807) is 6.08 Å². The maximum atomic E-state index is 11.0. The number of benzene rings is 2. The molecule has 3 fully saturated rings. The van der Waals surface area contributed by atoms with Crippen LogP contribution in [0.2, 0.25) is 0 Å². The fourth-order valence-electron chi connectivity index (χ4n) is 4.15. The second-order valence-electron chi connectivity index (χ2n) is 7.93. The van der Waals surface area contributed by atoms with Crippen LogP contribution in [0, 0.1) is 0 Å². The van der Waals surface area contributed by atoms with Crippen LogP contribution in [-0.2, 0) is 22.7 Å². The average molecular weight is 393 g/mol. The molecule has 0 spiro atoms. The van der Waals surface area contributed by atoms with Crippen LogP contribution < -0.4 is 4.74 Å². The molecule has 2 aromatic rings. The summed E-state index contributed by atoms with van der Waals surface area (Å²) in [5.41, 5.74) is 3.37. The number of allylic oxidation sites excluding steroid dienone is 1. The van der Waals surface area contributed by atoms with Gasteiger partial charge in [-0.15, -0.1) is 6.58 Å². The Morgan fingerprint density at radius 3 is 2.55 bits per heavy atom. The number of carbonyl (C=O) groups is 1. The first kappa shape index (κ1) is 19.7. The number of hydrogen-bond acceptors (Lipinski definition) is 4. The molecular formula is C24H27NO4. The van der Waals surface area contributed by atoms with Crippen molar-refractivity contribution in [2.75, 3.05) is 13.1 Å². The molecule has 1 N–H and O–H groups in total. The van der Waals surface area contributed by atoms with E-state index in [0.29, 0.717) is 18.8 Å². The third kappa shape index (κ3) is 5.05. The van der Waals surface area contributed by atoms with Crippen molar-refractivity contribution in [3.63, 3.8) is 0 Å². The SMILES string of the molecule is C=C[C@@H](CC(=O)O)c1ccc(OCc2cccc(CN3CC4CC(C3)O4)c2)cc1. The minimum Gasteiger partial charge on any atom is -0.489 e. The quantitative estimate of drug-likeness (QED) is 0.653. The number of aliphatic carboxylic acids is 1. The first-order valence-electron chi connectivity index (χ1n) is 10.1. The zero-order valence-electron chi connectivity index (χ0n) is 16.5. The predicted molar refractivity (Wildman–Crippen MR) is 111 cm³/mol. The second kappa shape index (κ2) is 8.80. The molecule has 0 saturated carbocycles. The van der Waals surface area contributed by atoms with Gasteiger partial charge in [-0.3, -0.25) is 9.69 Å². The summed E-state index contributed by atoms with van der Waals surface area (Å²) < 4.78 is 11.6. The number of rotatable bonds is 9. The van der Waals surface area contributed by atoms with Crippen LogP contribution in [0.25, 0.3) is 0 Å². The van der Waals surface area contributed by atoms with Gasteiger partial charge in [0.05, 0.1) is 18.6 Å². The first-order chi connectivity index (χ1) is 14.1. The Morgan fingerprint density at radius 1 is 1.21 bits per heavy atom. The smallest absolute Gasteiger partial charge is 0.304 e. The van der Waals surface area contributed by atoms with Gasteiger partial charge in [-0.05, 0) is 28.8 Å². The molecule has 2 unspecified atom stereocenters. The van der Waals surface area contributed by atoms with Gasteiger partial charge < -0.3 is 14.6 Å². The van der Waals surface area contributed by atoms with Gasteiger partial charge in [-0.25, -0.2) is 0 Å². The monoisotopic (exact) mass is 393 g/mol. The van der Waals surface area contributed by atoms with Crippen LogP contribution in [0.15, 0.2) is 61.2 Å². The van der Waals surface area contributed by atoms with E-state index in [1.165, 1.54) is 12.0 Å². The lowest BCUT2D eigenvalue weighted by Gasteiger charge is -2.47. The molecule has 5 heteroatoms. The van der Waals surface area contributed by atoms with Crippen LogP contribution in [0.1, 0.15) is 35.4 Å². The van der Waals surface area contributed by atoms with Gasteiger partial charge in [0.1, 0.15) is 12.4 Å². The lowest BCUT2D eigenvalue weighted by Crippen LogP contribution is -2.56. The van der Waals surface area contributed by atoms with E-state index in [1.807, 2.05) is 24.3 Å². The Bertz CT molecular complexity index is 847. The zero-order valence-corrected chi connectivity index (χ0v) is 16.5. The number of ether oxygens (including phenoxy) is 2. The Hall–Kier alpha value is -2.63. The third-order valence-corrected chi connectivity index (χ3v) is 5.62. The van der Waals surface area contributed by atoms with Crippen molar-refractivity contribution in [2.45, 2.75) is 44.1 Å². The number of piperidine rings is 1. The molecule has 3 aliphatic heterocycles. The van der Waals surface area contributed by atoms with E-state index in [-0.39, 0.29) is 12.3 Å². The summed E-state index contributed by atoms with van der Waals surface area (Å²) in [6.45, 7) is 7.24. The van der Waals surface area contributed by atoms with Gasteiger partial charge in [-0.1, -0.05) is 42.5 Å². The molecule has 0 amide bonds. The van der Waals surface area contributed by atoms with E-state index < -0.39 is 5.97 Å². The molecule has 0 radical (unpaired) electrons. The minimum absolute atomic E-state index is 0.0428. The molecule has 5 rings (SSSR count). The Labute approximate surface area is 171 Å². The van der Waals surface area contributed by atoms with Gasteiger partial charge in [0.15, 0.2) is 0 Å². The lowest BCUT2D eigenvalue weighted by molar-refractivity contribution is -0.182. The first-order valence-corrected chi connectivity index (χ1v) is 10.1. The summed E-state index contributed by atoms with van der Waals surface area (Å²) in [6.07, 6.45) is 3.79. The van der Waals surface area contributed by atoms with Crippen molar-refractivity contribution < 1.29 is 19.4 Å². The molecule has 3 atom stereocenters. The van der Waals surface area contributed by atoms with E-state index in [0.717, 1.165) is 36.5 Å². The number of hydrogen-bond donors (Lipinski definition) is 1. The summed E-state index contributed by atoms with van der Waals surface area (Å²) >= 11 is 0. The fraction of sp³-hybridized carbons (Fsp3) is 0.375. The number of carboxylic acids is 1. The van der Waals surface area contributed by atoms with Crippen molar-refractivity contribution in [3.05, 3.63) is 77.9 Å². The van der Waals surface area contributed by atoms with Crippen LogP contribution in [0.5, 0.6) is 5.75 Å². The number of fused-ring (bicyclic) bond motifs is 2. The van der Waals surface area contributed by atoms with E-state index >= 15 is 0 Å². The van der Waals surface area contributed by atoms with Crippen molar-refractivity contribution in [3.8, 4) is 5.75 Å². The largest absolute Gasteiger partial charge is 0.489 e. The number of carboxylic acid groups (broad SMARTS) is 1. The van der Waals surface area contributed by atoms with Crippen LogP contribution >= 0.6 is 0 Å². The summed E-state index contributed by atoms with van der Waals surface area (Å²) in [7, 11) is 0. The fourth-order valence-corrected chi connectivity index (χ4v) is 4.15. The predicted octanol–water partition coefficient (Wildman–Crippen LogP) is 3.98. The third-order valence-electron chi connectivity index (χ3n) is 5.62. The Balaban J connectivity index is 1.31. The van der Waals surface area contributed by atoms with Gasteiger partial charge in [0, 0.05) is 32.0 Å². The van der Waals surface area contributed by atoms with Crippen molar-refractivity contribution in [1.82, 2.24) is 4.90 Å². The molecule has 3 heterocycles. The standard InChI is InChI=1S/C24H27NO4/c1-2-19(11-24(26)27)20-6-8-21(9-7-20)28-16-18-5-3-4-17(10-18)13-25-14-22-12-23(15-25)29-22/h2-10,19,22-23H,1,11-16H2,(H,26,27)/t19-,22?,23?/m0/s1. The second-order valence-corrected chi connectivity index (χ2v) is 7.93. The van der Waals surface area contributed by atoms with Crippen molar-refractivity contribution in [2.24, 2.45) is 0 Å². The maximum absolute atomic E-state index is 11.0. The highest BCUT2D eigenvalue weighted by Crippen LogP contribution is 2.29. The van der Waals surface area contributed by atoms with Crippen LogP contribution in [0.3, 0.4) is 0 Å². The normalized spacial score (nSPS) is 21.8. The molecule has 3 saturated heterocycles. The zero-order chi connectivity index (χ0) is 20.2. The molecule has 0 aromatic heterocycles. The van der Waals surface area contributed by atoms with Gasteiger partial charge in [0.25, 0.3) is 0 Å².